The highest BCUT2D eigenvalue weighted by Gasteiger charge is 2.13. The minimum atomic E-state index is -0.306. The summed E-state index contributed by atoms with van der Waals surface area (Å²) < 4.78 is 15.1. The second kappa shape index (κ2) is 13.2. The van der Waals surface area contributed by atoms with Crippen LogP contribution in [0.15, 0.2) is 60.7 Å². The van der Waals surface area contributed by atoms with Crippen molar-refractivity contribution < 1.29 is 28.9 Å². The van der Waals surface area contributed by atoms with Crippen LogP contribution >= 0.6 is 23.2 Å². The maximum atomic E-state index is 11.6. The molecule has 0 amide bonds. The Morgan fingerprint density at radius 1 is 0.730 bits per heavy atom. The van der Waals surface area contributed by atoms with Gasteiger partial charge in [0.05, 0.1) is 33.2 Å². The summed E-state index contributed by atoms with van der Waals surface area (Å²) >= 11 is 12.3. The number of aromatic hydroxyl groups is 1. The fourth-order valence-corrected chi connectivity index (χ4v) is 4.36. The third kappa shape index (κ3) is 7.28. The van der Waals surface area contributed by atoms with Crippen molar-refractivity contribution in [3.63, 3.8) is 0 Å². The second-order valence-corrected chi connectivity index (χ2v) is 8.82. The molecule has 0 aliphatic rings. The van der Waals surface area contributed by atoms with Gasteiger partial charge in [-0.15, -0.1) is 0 Å². The lowest BCUT2D eigenvalue weighted by atomic mass is 10.0. The Hall–Kier alpha value is -3.48. The molecule has 6 nitrogen and oxygen atoms in total. The van der Waals surface area contributed by atoms with Crippen molar-refractivity contribution in [2.24, 2.45) is 0 Å². The summed E-state index contributed by atoms with van der Waals surface area (Å²) in [7, 11) is 1.62. The first-order valence-corrected chi connectivity index (χ1v) is 12.5. The van der Waals surface area contributed by atoms with Crippen molar-refractivity contribution in [1.82, 2.24) is 0 Å². The first-order valence-electron chi connectivity index (χ1n) is 11.7. The number of esters is 2. The van der Waals surface area contributed by atoms with Gasteiger partial charge in [-0.3, -0.25) is 9.59 Å². The Bertz CT molecular complexity index is 1420. The molecule has 0 aliphatic heterocycles. The van der Waals surface area contributed by atoms with Crippen molar-refractivity contribution in [3.05, 3.63) is 81.8 Å². The lowest BCUT2D eigenvalue weighted by molar-refractivity contribution is -0.143. The van der Waals surface area contributed by atoms with Gasteiger partial charge in [0.15, 0.2) is 0 Å². The average molecular weight is 543 g/mol. The smallest absolute Gasteiger partial charge is 0.310 e. The molecule has 0 heterocycles. The topological polar surface area (TPSA) is 82.1 Å². The molecule has 37 heavy (non-hydrogen) atoms. The monoisotopic (exact) mass is 542 g/mol. The predicted molar refractivity (Wildman–Crippen MR) is 147 cm³/mol. The van der Waals surface area contributed by atoms with E-state index in [0.29, 0.717) is 23.3 Å². The van der Waals surface area contributed by atoms with Crippen molar-refractivity contribution in [2.45, 2.75) is 26.7 Å². The number of ether oxygens (including phenoxy) is 3. The molecule has 0 aromatic heterocycles. The number of carbonyl (C=O) groups is 2. The number of rotatable bonds is 7. The minimum absolute atomic E-state index is 0.134. The van der Waals surface area contributed by atoms with E-state index in [1.54, 1.807) is 51.3 Å². The zero-order valence-electron chi connectivity index (χ0n) is 20.8. The van der Waals surface area contributed by atoms with E-state index in [2.05, 4.69) is 0 Å². The Balaban J connectivity index is 0.000000206. The van der Waals surface area contributed by atoms with Crippen LogP contribution in [-0.4, -0.2) is 37.4 Å². The summed E-state index contributed by atoms with van der Waals surface area (Å²) in [6, 6.07) is 17.9. The van der Waals surface area contributed by atoms with Crippen LogP contribution in [0.2, 0.25) is 10.0 Å². The van der Waals surface area contributed by atoms with Gasteiger partial charge in [-0.05, 0) is 82.9 Å². The SMILES string of the molecule is CCOC(=O)Cc1c(Cl)ccc2cc(O)ccc12.CCOC(=O)Cc1c(Cl)ccc2cc(OC)ccc12. The average Bonchev–Trinajstić information content (AvgIpc) is 2.88. The van der Waals surface area contributed by atoms with Gasteiger partial charge in [0.2, 0.25) is 0 Å². The van der Waals surface area contributed by atoms with Gasteiger partial charge in [-0.1, -0.05) is 47.5 Å². The highest BCUT2D eigenvalue weighted by molar-refractivity contribution is 6.33. The van der Waals surface area contributed by atoms with Crippen LogP contribution in [0.5, 0.6) is 11.5 Å². The maximum absolute atomic E-state index is 11.6. The Morgan fingerprint density at radius 2 is 1.22 bits per heavy atom. The van der Waals surface area contributed by atoms with E-state index in [9.17, 15) is 14.7 Å². The summed E-state index contributed by atoms with van der Waals surface area (Å²) in [6.07, 6.45) is 0.311. The quantitative estimate of drug-likeness (QED) is 0.255. The molecule has 4 aromatic rings. The molecule has 0 saturated heterocycles. The van der Waals surface area contributed by atoms with Gasteiger partial charge < -0.3 is 19.3 Å². The van der Waals surface area contributed by atoms with Gasteiger partial charge in [0.1, 0.15) is 11.5 Å². The molecule has 0 fully saturated rings. The van der Waals surface area contributed by atoms with Gasteiger partial charge in [0, 0.05) is 10.0 Å². The van der Waals surface area contributed by atoms with Gasteiger partial charge in [-0.25, -0.2) is 0 Å². The van der Waals surface area contributed by atoms with Gasteiger partial charge >= 0.3 is 11.9 Å². The Morgan fingerprint density at radius 3 is 1.70 bits per heavy atom. The number of benzene rings is 4. The van der Waals surface area contributed by atoms with Crippen LogP contribution in [-0.2, 0) is 31.9 Å². The number of hydrogen-bond donors (Lipinski definition) is 1. The lowest BCUT2D eigenvalue weighted by Gasteiger charge is -2.10. The van der Waals surface area contributed by atoms with E-state index in [-0.39, 0.29) is 30.5 Å². The molecule has 0 unspecified atom stereocenters. The molecule has 8 heteroatoms. The first kappa shape index (κ1) is 28.1. The van der Waals surface area contributed by atoms with Crippen molar-refractivity contribution in [3.8, 4) is 11.5 Å². The third-order valence-electron chi connectivity index (χ3n) is 5.59. The zero-order valence-corrected chi connectivity index (χ0v) is 22.4. The summed E-state index contributed by atoms with van der Waals surface area (Å²) in [4.78, 5) is 23.2. The summed E-state index contributed by atoms with van der Waals surface area (Å²) in [6.45, 7) is 4.27. The van der Waals surface area contributed by atoms with E-state index in [1.165, 1.54) is 0 Å². The normalized spacial score (nSPS) is 10.5. The molecule has 4 aromatic carbocycles. The zero-order chi connectivity index (χ0) is 26.9. The predicted octanol–water partition coefficient (Wildman–Crippen LogP) is 6.91. The van der Waals surface area contributed by atoms with E-state index in [4.69, 9.17) is 37.4 Å². The summed E-state index contributed by atoms with van der Waals surface area (Å²) in [5.74, 6) is 0.386. The molecule has 194 valence electrons. The van der Waals surface area contributed by atoms with Gasteiger partial charge in [-0.2, -0.15) is 0 Å². The van der Waals surface area contributed by atoms with Crippen molar-refractivity contribution >= 4 is 56.7 Å². The molecule has 0 radical (unpaired) electrons. The first-order chi connectivity index (χ1) is 17.8. The highest BCUT2D eigenvalue weighted by atomic mass is 35.5. The second-order valence-electron chi connectivity index (χ2n) is 8.01. The lowest BCUT2D eigenvalue weighted by Crippen LogP contribution is -2.08. The largest absolute Gasteiger partial charge is 0.508 e. The Labute approximate surface area is 225 Å². The molecule has 0 saturated carbocycles. The van der Waals surface area contributed by atoms with Crippen LogP contribution in [0, 0.1) is 0 Å². The number of carbonyl (C=O) groups excluding carboxylic acids is 2. The minimum Gasteiger partial charge on any atom is -0.508 e. The summed E-state index contributed by atoms with van der Waals surface area (Å²) in [5, 5.41) is 14.2. The van der Waals surface area contributed by atoms with Crippen molar-refractivity contribution in [1.29, 1.82) is 0 Å². The molecule has 4 rings (SSSR count). The number of fused-ring (bicyclic) bond motifs is 2. The standard InChI is InChI=1S/C15H15ClO3.C14H13ClO3/c1-3-19-15(17)9-13-12-6-5-11(18-2)8-10(12)4-7-14(13)16;1-2-18-14(17)8-12-11-5-4-10(16)7-9(11)3-6-13(12)15/h4-8H,3,9H2,1-2H3;3-7,16H,2,8H2,1H3. The fraction of sp³-hybridized carbons (Fsp3) is 0.241. The van der Waals surface area contributed by atoms with Gasteiger partial charge in [0.25, 0.3) is 0 Å². The van der Waals surface area contributed by atoms with Crippen LogP contribution in [0.25, 0.3) is 21.5 Å². The molecule has 0 bridgehead atoms. The van der Waals surface area contributed by atoms with Crippen molar-refractivity contribution in [2.75, 3.05) is 20.3 Å². The van der Waals surface area contributed by atoms with Crippen LogP contribution in [0.4, 0.5) is 0 Å². The number of hydrogen-bond acceptors (Lipinski definition) is 6. The fourth-order valence-electron chi connectivity index (χ4n) is 3.90. The number of methoxy groups -OCH3 is 1. The number of halogens is 2. The molecule has 0 spiro atoms. The van der Waals surface area contributed by atoms with Crippen LogP contribution in [0.3, 0.4) is 0 Å². The molecular formula is C29H28Cl2O6. The highest BCUT2D eigenvalue weighted by Crippen LogP contribution is 2.30. The maximum Gasteiger partial charge on any atom is 0.310 e. The molecule has 0 atom stereocenters. The molecule has 0 aliphatic carbocycles. The number of phenols is 1. The summed E-state index contributed by atoms with van der Waals surface area (Å²) in [5.41, 5.74) is 1.52. The molecule has 1 N–H and O–H groups in total. The van der Waals surface area contributed by atoms with E-state index < -0.39 is 0 Å². The third-order valence-corrected chi connectivity index (χ3v) is 6.30. The van der Waals surface area contributed by atoms with Crippen LogP contribution < -0.4 is 4.74 Å². The van der Waals surface area contributed by atoms with E-state index in [1.807, 2.05) is 30.3 Å². The number of phenolic OH excluding ortho intramolecular Hbond substituents is 1. The van der Waals surface area contributed by atoms with Crippen LogP contribution in [0.1, 0.15) is 25.0 Å². The molecular weight excluding hydrogens is 515 g/mol. The van der Waals surface area contributed by atoms with E-state index >= 15 is 0 Å². The Kier molecular flexibility index (Phi) is 10.0. The van der Waals surface area contributed by atoms with E-state index in [0.717, 1.165) is 38.4 Å².